The molecule has 2 heteroatoms. The van der Waals surface area contributed by atoms with Crippen molar-refractivity contribution in [2.45, 2.75) is 13.3 Å². The third kappa shape index (κ3) is 2.78. The van der Waals surface area contributed by atoms with Crippen LogP contribution >= 0.6 is 23.2 Å². The van der Waals surface area contributed by atoms with Gasteiger partial charge in [-0.25, -0.2) is 0 Å². The molecule has 0 bridgehead atoms. The molecule has 0 spiro atoms. The fourth-order valence-electron chi connectivity index (χ4n) is 1.59. The van der Waals surface area contributed by atoms with Gasteiger partial charge in [-0.1, -0.05) is 59.1 Å². The van der Waals surface area contributed by atoms with Gasteiger partial charge in [-0.15, -0.1) is 0 Å². The van der Waals surface area contributed by atoms with E-state index in [1.165, 1.54) is 11.1 Å². The Morgan fingerprint density at radius 2 is 1.62 bits per heavy atom. The molecule has 0 aliphatic carbocycles. The Morgan fingerprint density at radius 1 is 0.938 bits per heavy atom. The Balaban J connectivity index is 2.23. The van der Waals surface area contributed by atoms with Crippen molar-refractivity contribution >= 4 is 23.2 Å². The largest absolute Gasteiger partial charge is 0.0843 e. The van der Waals surface area contributed by atoms with Gasteiger partial charge in [0.1, 0.15) is 0 Å². The topological polar surface area (TPSA) is 0 Å². The minimum absolute atomic E-state index is 0.678. The van der Waals surface area contributed by atoms with Crippen LogP contribution in [0, 0.1) is 6.92 Å². The average molecular weight is 251 g/mol. The maximum absolute atomic E-state index is 6.13. The van der Waals surface area contributed by atoms with E-state index in [1.807, 2.05) is 12.1 Å². The zero-order valence-corrected chi connectivity index (χ0v) is 10.5. The second-order valence-corrected chi connectivity index (χ2v) is 4.74. The first-order valence-electron chi connectivity index (χ1n) is 5.14. The fraction of sp³-hybridized carbons (Fsp3) is 0.143. The molecular formula is C14H12Cl2. The van der Waals surface area contributed by atoms with Crippen LogP contribution in [-0.2, 0) is 6.42 Å². The van der Waals surface area contributed by atoms with Crippen LogP contribution in [-0.4, -0.2) is 0 Å². The van der Waals surface area contributed by atoms with E-state index in [9.17, 15) is 0 Å². The maximum Gasteiger partial charge on any atom is 0.0456 e. The molecule has 0 heterocycles. The Kier molecular flexibility index (Phi) is 3.52. The molecule has 0 aliphatic rings. The van der Waals surface area contributed by atoms with Crippen LogP contribution in [0.4, 0.5) is 0 Å². The molecule has 0 radical (unpaired) electrons. The molecule has 0 atom stereocenters. The summed E-state index contributed by atoms with van der Waals surface area (Å²) in [4.78, 5) is 0. The molecule has 82 valence electrons. The van der Waals surface area contributed by atoms with Crippen LogP contribution in [0.1, 0.15) is 16.7 Å². The van der Waals surface area contributed by atoms with Crippen molar-refractivity contribution < 1.29 is 0 Å². The van der Waals surface area contributed by atoms with E-state index >= 15 is 0 Å². The number of hydrogen-bond acceptors (Lipinski definition) is 0. The highest BCUT2D eigenvalue weighted by atomic mass is 35.5. The minimum atomic E-state index is 0.678. The second kappa shape index (κ2) is 4.90. The summed E-state index contributed by atoms with van der Waals surface area (Å²) in [6.45, 7) is 2.08. The molecule has 0 nitrogen and oxygen atoms in total. The van der Waals surface area contributed by atoms with Gasteiger partial charge in [0.2, 0.25) is 0 Å². The minimum Gasteiger partial charge on any atom is -0.0843 e. The normalized spacial score (nSPS) is 10.4. The monoisotopic (exact) mass is 250 g/mol. The molecule has 0 saturated heterocycles. The first-order valence-corrected chi connectivity index (χ1v) is 5.90. The first-order chi connectivity index (χ1) is 7.65. The SMILES string of the molecule is Cc1ccc(Cc2ccc(Cl)cc2Cl)cc1. The number of hydrogen-bond donors (Lipinski definition) is 0. The van der Waals surface area contributed by atoms with Crippen molar-refractivity contribution in [3.8, 4) is 0 Å². The number of rotatable bonds is 2. The van der Waals surface area contributed by atoms with E-state index in [0.29, 0.717) is 5.02 Å². The molecule has 0 saturated carbocycles. The van der Waals surface area contributed by atoms with Gasteiger partial charge in [0.15, 0.2) is 0 Å². The number of halogens is 2. The fourth-order valence-corrected chi connectivity index (χ4v) is 2.07. The molecular weight excluding hydrogens is 239 g/mol. The van der Waals surface area contributed by atoms with Gasteiger partial charge < -0.3 is 0 Å². The van der Waals surface area contributed by atoms with E-state index < -0.39 is 0 Å². The van der Waals surface area contributed by atoms with Crippen molar-refractivity contribution in [3.05, 3.63) is 69.2 Å². The third-order valence-corrected chi connectivity index (χ3v) is 3.12. The van der Waals surface area contributed by atoms with Crippen LogP contribution < -0.4 is 0 Å². The lowest BCUT2D eigenvalue weighted by Crippen LogP contribution is -1.89. The summed E-state index contributed by atoms with van der Waals surface area (Å²) in [5.74, 6) is 0. The van der Waals surface area contributed by atoms with Gasteiger partial charge in [0.05, 0.1) is 0 Å². The van der Waals surface area contributed by atoms with E-state index in [1.54, 1.807) is 6.07 Å². The lowest BCUT2D eigenvalue weighted by Gasteiger charge is -2.05. The van der Waals surface area contributed by atoms with E-state index in [4.69, 9.17) is 23.2 Å². The summed E-state index contributed by atoms with van der Waals surface area (Å²) in [6, 6.07) is 14.1. The smallest absolute Gasteiger partial charge is 0.0456 e. The first kappa shape index (κ1) is 11.5. The van der Waals surface area contributed by atoms with Gasteiger partial charge in [0.25, 0.3) is 0 Å². The van der Waals surface area contributed by atoms with Crippen LogP contribution in [0.2, 0.25) is 10.0 Å². The molecule has 16 heavy (non-hydrogen) atoms. The molecule has 2 aromatic carbocycles. The highest BCUT2D eigenvalue weighted by molar-refractivity contribution is 6.35. The maximum atomic E-state index is 6.13. The van der Waals surface area contributed by atoms with Crippen molar-refractivity contribution in [2.24, 2.45) is 0 Å². The van der Waals surface area contributed by atoms with Crippen LogP contribution in [0.25, 0.3) is 0 Å². The summed E-state index contributed by atoms with van der Waals surface area (Å²) in [7, 11) is 0. The summed E-state index contributed by atoms with van der Waals surface area (Å²) < 4.78 is 0. The molecule has 2 aromatic rings. The van der Waals surface area contributed by atoms with Gasteiger partial charge in [-0.2, -0.15) is 0 Å². The van der Waals surface area contributed by atoms with Gasteiger partial charge in [0, 0.05) is 10.0 Å². The number of aryl methyl sites for hydroxylation is 1. The third-order valence-electron chi connectivity index (χ3n) is 2.53. The Labute approximate surface area is 106 Å². The van der Waals surface area contributed by atoms with Crippen molar-refractivity contribution in [3.63, 3.8) is 0 Å². The van der Waals surface area contributed by atoms with Crippen molar-refractivity contribution in [1.29, 1.82) is 0 Å². The van der Waals surface area contributed by atoms with Crippen molar-refractivity contribution in [1.82, 2.24) is 0 Å². The van der Waals surface area contributed by atoms with E-state index in [0.717, 1.165) is 17.0 Å². The summed E-state index contributed by atoms with van der Waals surface area (Å²) >= 11 is 12.0. The lowest BCUT2D eigenvalue weighted by atomic mass is 10.0. The zero-order valence-electron chi connectivity index (χ0n) is 9.00. The van der Waals surface area contributed by atoms with E-state index in [-0.39, 0.29) is 0 Å². The Bertz CT molecular complexity index is 487. The number of benzene rings is 2. The van der Waals surface area contributed by atoms with Gasteiger partial charge in [-0.05, 0) is 36.6 Å². The molecule has 0 aromatic heterocycles. The summed E-state index contributed by atoms with van der Waals surface area (Å²) in [5, 5.41) is 1.41. The Morgan fingerprint density at radius 3 is 2.25 bits per heavy atom. The van der Waals surface area contributed by atoms with Gasteiger partial charge in [-0.3, -0.25) is 0 Å². The molecule has 0 amide bonds. The Hall–Kier alpha value is -0.980. The lowest BCUT2D eigenvalue weighted by molar-refractivity contribution is 1.19. The molecule has 0 fully saturated rings. The van der Waals surface area contributed by atoms with E-state index in [2.05, 4.69) is 31.2 Å². The zero-order chi connectivity index (χ0) is 11.5. The molecule has 0 N–H and O–H groups in total. The highest BCUT2D eigenvalue weighted by Gasteiger charge is 2.02. The summed E-state index contributed by atoms with van der Waals surface area (Å²) in [6.07, 6.45) is 0.844. The average Bonchev–Trinajstić information content (AvgIpc) is 2.25. The quantitative estimate of drug-likeness (QED) is 0.712. The second-order valence-electron chi connectivity index (χ2n) is 3.90. The van der Waals surface area contributed by atoms with Crippen molar-refractivity contribution in [2.75, 3.05) is 0 Å². The molecule has 2 rings (SSSR count). The van der Waals surface area contributed by atoms with Crippen LogP contribution in [0.3, 0.4) is 0 Å². The van der Waals surface area contributed by atoms with Gasteiger partial charge >= 0.3 is 0 Å². The highest BCUT2D eigenvalue weighted by Crippen LogP contribution is 2.23. The van der Waals surface area contributed by atoms with Crippen LogP contribution in [0.5, 0.6) is 0 Å². The predicted octanol–water partition coefficient (Wildman–Crippen LogP) is 4.89. The predicted molar refractivity (Wildman–Crippen MR) is 70.4 cm³/mol. The molecule has 0 unspecified atom stereocenters. The molecule has 0 aliphatic heterocycles. The standard InChI is InChI=1S/C14H12Cl2/c1-10-2-4-11(5-3-10)8-12-6-7-13(15)9-14(12)16/h2-7,9H,8H2,1H3. The van der Waals surface area contributed by atoms with Crippen LogP contribution in [0.15, 0.2) is 42.5 Å². The summed E-state index contributed by atoms with van der Waals surface area (Å²) in [5.41, 5.74) is 3.63.